The van der Waals surface area contributed by atoms with E-state index in [0.29, 0.717) is 11.8 Å². The van der Waals surface area contributed by atoms with Gasteiger partial charge in [0.25, 0.3) is 0 Å². The molecule has 1 unspecified atom stereocenters. The first-order valence-corrected chi connectivity index (χ1v) is 6.83. The van der Waals surface area contributed by atoms with E-state index in [4.69, 9.17) is 11.2 Å². The molecule has 3 heteroatoms. The second-order valence-electron chi connectivity index (χ2n) is 5.19. The van der Waals surface area contributed by atoms with Gasteiger partial charge in [-0.1, -0.05) is 6.07 Å². The highest BCUT2D eigenvalue weighted by Gasteiger charge is 2.29. The summed E-state index contributed by atoms with van der Waals surface area (Å²) >= 11 is 0. The van der Waals surface area contributed by atoms with Crippen LogP contribution in [0.25, 0.3) is 0 Å². The number of hydrogen-bond donors (Lipinski definition) is 0. The number of carbonyl (C=O) groups is 1. The van der Waals surface area contributed by atoms with Gasteiger partial charge in [-0.2, -0.15) is 0 Å². The van der Waals surface area contributed by atoms with Crippen LogP contribution in [0.1, 0.15) is 36.4 Å². The number of benzene rings is 1. The molecule has 98 valence electrons. The van der Waals surface area contributed by atoms with Gasteiger partial charge in [0.1, 0.15) is 5.75 Å². The lowest BCUT2D eigenvalue weighted by atomic mass is 10.1. The molecule has 1 aliphatic carbocycles. The average molecular weight is 255 g/mol. The van der Waals surface area contributed by atoms with Gasteiger partial charge in [-0.25, -0.2) is 4.79 Å². The molecule has 3 rings (SSSR count). The predicted octanol–water partition coefficient (Wildman–Crippen LogP) is 2.31. The Morgan fingerprint density at radius 3 is 2.89 bits per heavy atom. The first-order chi connectivity index (χ1) is 9.28. The van der Waals surface area contributed by atoms with Gasteiger partial charge >= 0.3 is 5.97 Å². The van der Waals surface area contributed by atoms with E-state index in [1.165, 1.54) is 43.5 Å². The van der Waals surface area contributed by atoms with E-state index >= 15 is 0 Å². The van der Waals surface area contributed by atoms with Crippen molar-refractivity contribution in [2.24, 2.45) is 0 Å². The molecule has 0 N–H and O–H groups in total. The van der Waals surface area contributed by atoms with E-state index in [1.54, 1.807) is 0 Å². The first-order valence-electron chi connectivity index (χ1n) is 6.83. The SMILES string of the molecule is C#CC(=O)Oc1ccc2c(c1)CCC2N1CCCC1. The third-order valence-corrected chi connectivity index (χ3v) is 4.07. The van der Waals surface area contributed by atoms with Gasteiger partial charge in [0.15, 0.2) is 0 Å². The fraction of sp³-hybridized carbons (Fsp3) is 0.438. The van der Waals surface area contributed by atoms with E-state index in [-0.39, 0.29) is 0 Å². The third-order valence-electron chi connectivity index (χ3n) is 4.07. The number of terminal acetylenes is 1. The monoisotopic (exact) mass is 255 g/mol. The molecule has 19 heavy (non-hydrogen) atoms. The van der Waals surface area contributed by atoms with Crippen molar-refractivity contribution >= 4 is 5.97 Å². The fourth-order valence-electron chi connectivity index (χ4n) is 3.20. The summed E-state index contributed by atoms with van der Waals surface area (Å²) in [6.07, 6.45) is 9.85. The largest absolute Gasteiger partial charge is 0.417 e. The number of aryl methyl sites for hydroxylation is 1. The van der Waals surface area contributed by atoms with Gasteiger partial charge in [0, 0.05) is 12.0 Å². The van der Waals surface area contributed by atoms with Crippen molar-refractivity contribution in [2.75, 3.05) is 13.1 Å². The third kappa shape index (κ3) is 2.36. The van der Waals surface area contributed by atoms with Crippen molar-refractivity contribution in [1.82, 2.24) is 4.90 Å². The van der Waals surface area contributed by atoms with Crippen molar-refractivity contribution in [1.29, 1.82) is 0 Å². The summed E-state index contributed by atoms with van der Waals surface area (Å²) in [5.41, 5.74) is 2.68. The van der Waals surface area contributed by atoms with Crippen LogP contribution >= 0.6 is 0 Å². The Bertz CT molecular complexity index is 538. The van der Waals surface area contributed by atoms with Crippen LogP contribution in [-0.4, -0.2) is 24.0 Å². The molecule has 1 saturated heterocycles. The zero-order chi connectivity index (χ0) is 13.2. The van der Waals surface area contributed by atoms with Crippen LogP contribution in [0, 0.1) is 12.3 Å². The zero-order valence-corrected chi connectivity index (χ0v) is 10.9. The molecule has 2 aliphatic rings. The standard InChI is InChI=1S/C16H17NO2/c1-2-16(18)19-13-6-7-14-12(11-13)5-8-15(14)17-9-3-4-10-17/h1,6-7,11,15H,3-5,8-10H2. The van der Waals surface area contributed by atoms with E-state index in [2.05, 4.69) is 11.0 Å². The predicted molar refractivity (Wildman–Crippen MR) is 72.8 cm³/mol. The quantitative estimate of drug-likeness (QED) is 0.351. The molecular weight excluding hydrogens is 238 g/mol. The second kappa shape index (κ2) is 5.07. The molecule has 0 bridgehead atoms. The molecule has 0 radical (unpaired) electrons. The molecule has 1 aromatic carbocycles. The van der Waals surface area contributed by atoms with Crippen molar-refractivity contribution in [3.63, 3.8) is 0 Å². The summed E-state index contributed by atoms with van der Waals surface area (Å²) in [6, 6.07) is 6.45. The van der Waals surface area contributed by atoms with Crippen molar-refractivity contribution in [3.8, 4) is 18.1 Å². The van der Waals surface area contributed by atoms with E-state index in [9.17, 15) is 4.79 Å². The molecule has 1 aliphatic heterocycles. The summed E-state index contributed by atoms with van der Waals surface area (Å²) in [4.78, 5) is 13.7. The number of hydrogen-bond acceptors (Lipinski definition) is 3. The Balaban J connectivity index is 1.80. The zero-order valence-electron chi connectivity index (χ0n) is 10.9. The van der Waals surface area contributed by atoms with Gasteiger partial charge in [-0.15, -0.1) is 6.42 Å². The molecular formula is C16H17NO2. The molecule has 0 aromatic heterocycles. The van der Waals surface area contributed by atoms with Gasteiger partial charge in [-0.05, 0) is 62.0 Å². The number of rotatable bonds is 2. The number of likely N-dealkylation sites (tertiary alicyclic amines) is 1. The molecule has 0 saturated carbocycles. The Morgan fingerprint density at radius 1 is 1.37 bits per heavy atom. The summed E-state index contributed by atoms with van der Waals surface area (Å²) in [5.74, 6) is 1.89. The van der Waals surface area contributed by atoms with Crippen LogP contribution in [-0.2, 0) is 11.2 Å². The summed E-state index contributed by atoms with van der Waals surface area (Å²) < 4.78 is 5.06. The van der Waals surface area contributed by atoms with Crippen LogP contribution in [0.5, 0.6) is 5.75 Å². The highest BCUT2D eigenvalue weighted by molar-refractivity contribution is 5.89. The molecule has 0 spiro atoms. The topological polar surface area (TPSA) is 29.5 Å². The lowest BCUT2D eigenvalue weighted by Gasteiger charge is -2.24. The lowest BCUT2D eigenvalue weighted by Crippen LogP contribution is -2.23. The van der Waals surface area contributed by atoms with Crippen molar-refractivity contribution in [3.05, 3.63) is 29.3 Å². The average Bonchev–Trinajstić information content (AvgIpc) is 3.06. The van der Waals surface area contributed by atoms with Crippen LogP contribution in [0.15, 0.2) is 18.2 Å². The van der Waals surface area contributed by atoms with Crippen LogP contribution in [0.4, 0.5) is 0 Å². The first kappa shape index (κ1) is 12.3. The minimum Gasteiger partial charge on any atom is -0.417 e. The number of ether oxygens (including phenoxy) is 1. The highest BCUT2D eigenvalue weighted by atomic mass is 16.5. The summed E-state index contributed by atoms with van der Waals surface area (Å²) in [5, 5.41) is 0. The van der Waals surface area contributed by atoms with Crippen molar-refractivity contribution < 1.29 is 9.53 Å². The van der Waals surface area contributed by atoms with Gasteiger partial charge in [0.2, 0.25) is 0 Å². The number of nitrogens with zero attached hydrogens (tertiary/aromatic N) is 1. The van der Waals surface area contributed by atoms with Crippen LogP contribution in [0.3, 0.4) is 0 Å². The normalized spacial score (nSPS) is 21.9. The van der Waals surface area contributed by atoms with Gasteiger partial charge < -0.3 is 4.74 Å². The molecule has 0 amide bonds. The Kier molecular flexibility index (Phi) is 3.27. The van der Waals surface area contributed by atoms with Crippen LogP contribution < -0.4 is 4.74 Å². The number of carbonyl (C=O) groups excluding carboxylic acids is 1. The fourth-order valence-corrected chi connectivity index (χ4v) is 3.20. The van der Waals surface area contributed by atoms with Gasteiger partial charge in [0.05, 0.1) is 0 Å². The Labute approximate surface area is 113 Å². The minimum atomic E-state index is -0.631. The molecule has 1 aromatic rings. The van der Waals surface area contributed by atoms with Crippen LogP contribution in [0.2, 0.25) is 0 Å². The minimum absolute atomic E-state index is 0.551. The lowest BCUT2D eigenvalue weighted by molar-refractivity contribution is -0.128. The van der Waals surface area contributed by atoms with E-state index < -0.39 is 5.97 Å². The molecule has 1 fully saturated rings. The summed E-state index contributed by atoms with van der Waals surface area (Å²) in [6.45, 7) is 2.41. The van der Waals surface area contributed by atoms with E-state index in [1.807, 2.05) is 18.1 Å². The molecule has 1 atom stereocenters. The Hall–Kier alpha value is -1.79. The van der Waals surface area contributed by atoms with Crippen molar-refractivity contribution in [2.45, 2.75) is 31.7 Å². The van der Waals surface area contributed by atoms with Gasteiger partial charge in [-0.3, -0.25) is 4.90 Å². The maximum absolute atomic E-state index is 11.1. The second-order valence-corrected chi connectivity index (χ2v) is 5.19. The highest BCUT2D eigenvalue weighted by Crippen LogP contribution is 2.38. The molecule has 1 heterocycles. The smallest absolute Gasteiger partial charge is 0.389 e. The summed E-state index contributed by atoms with van der Waals surface area (Å²) in [7, 11) is 0. The number of esters is 1. The maximum atomic E-state index is 11.1. The van der Waals surface area contributed by atoms with E-state index in [0.717, 1.165) is 6.42 Å². The maximum Gasteiger partial charge on any atom is 0.389 e. The number of fused-ring (bicyclic) bond motifs is 1. The Morgan fingerprint density at radius 2 is 2.16 bits per heavy atom. The molecule has 3 nitrogen and oxygen atoms in total.